The van der Waals surface area contributed by atoms with Crippen molar-refractivity contribution < 1.29 is 41.7 Å². The number of aryl methyl sites for hydroxylation is 1. The number of anilines is 1. The maximum Gasteiger partial charge on any atom is 0.422 e. The van der Waals surface area contributed by atoms with Crippen molar-refractivity contribution >= 4 is 17.6 Å². The van der Waals surface area contributed by atoms with Crippen LogP contribution in [0.15, 0.2) is 48.5 Å². The van der Waals surface area contributed by atoms with Gasteiger partial charge in [0.05, 0.1) is 6.04 Å². The number of amides is 2. The van der Waals surface area contributed by atoms with Crippen molar-refractivity contribution in [3.63, 3.8) is 0 Å². The zero-order valence-electron chi connectivity index (χ0n) is 21.4. The number of pyridine rings is 2. The molecule has 13 heteroatoms. The van der Waals surface area contributed by atoms with Gasteiger partial charge in [-0.3, -0.25) is 9.59 Å². The first kappa shape index (κ1) is 29.3. The third kappa shape index (κ3) is 8.64. The molecule has 0 saturated carbocycles. The first-order chi connectivity index (χ1) is 18.1. The fourth-order valence-corrected chi connectivity index (χ4v) is 3.16. The van der Waals surface area contributed by atoms with Gasteiger partial charge < -0.3 is 25.2 Å². The lowest BCUT2D eigenvalue weighted by Crippen LogP contribution is -2.37. The number of hydrogen-bond acceptors (Lipinski definition) is 7. The van der Waals surface area contributed by atoms with E-state index in [2.05, 4.69) is 25.3 Å². The van der Waals surface area contributed by atoms with Gasteiger partial charge in [-0.25, -0.2) is 9.37 Å². The van der Waals surface area contributed by atoms with E-state index < -0.39 is 47.9 Å². The second-order valence-electron chi connectivity index (χ2n) is 9.10. The number of carbonyl (C=O) groups is 2. The molecule has 1 unspecified atom stereocenters. The molecule has 0 spiro atoms. The van der Waals surface area contributed by atoms with Gasteiger partial charge in [0.15, 0.2) is 6.61 Å². The van der Waals surface area contributed by atoms with Crippen LogP contribution in [-0.2, 0) is 4.79 Å². The normalized spacial score (nSPS) is 12.4. The summed E-state index contributed by atoms with van der Waals surface area (Å²) in [5.74, 6) is -2.48. The molecule has 0 saturated heterocycles. The Labute approximate surface area is 221 Å². The minimum Gasteiger partial charge on any atom is -0.468 e. The number of nitrogens with zero attached hydrogens (tertiary/aromatic N) is 2. The highest BCUT2D eigenvalue weighted by Gasteiger charge is 2.29. The van der Waals surface area contributed by atoms with Crippen molar-refractivity contribution in [1.82, 2.24) is 15.3 Å². The number of carbonyl (C=O) groups excluding carboxylic acids is 2. The van der Waals surface area contributed by atoms with Gasteiger partial charge in [-0.2, -0.15) is 18.2 Å². The molecular weight excluding hydrogens is 524 g/mol. The lowest BCUT2D eigenvalue weighted by Gasteiger charge is -2.19. The number of halogens is 4. The van der Waals surface area contributed by atoms with Gasteiger partial charge in [0.25, 0.3) is 11.8 Å². The number of alkyl halides is 3. The molecule has 0 radical (unpaired) electrons. The topological polar surface area (TPSA) is 123 Å². The van der Waals surface area contributed by atoms with Crippen LogP contribution in [0.25, 0.3) is 0 Å². The minimum atomic E-state index is -4.61. The zero-order valence-corrected chi connectivity index (χ0v) is 21.4. The van der Waals surface area contributed by atoms with Crippen LogP contribution in [0.4, 0.5) is 23.4 Å². The van der Waals surface area contributed by atoms with Crippen molar-refractivity contribution in [2.24, 2.45) is 0 Å². The van der Waals surface area contributed by atoms with Crippen LogP contribution in [0.3, 0.4) is 0 Å². The summed E-state index contributed by atoms with van der Waals surface area (Å²) in [6.45, 7) is 4.37. The lowest BCUT2D eigenvalue weighted by atomic mass is 10.1. The maximum atomic E-state index is 13.3. The van der Waals surface area contributed by atoms with E-state index in [0.29, 0.717) is 11.3 Å². The van der Waals surface area contributed by atoms with Gasteiger partial charge in [-0.15, -0.1) is 0 Å². The van der Waals surface area contributed by atoms with Gasteiger partial charge in [-0.05, 0) is 75.7 Å². The van der Waals surface area contributed by atoms with Crippen LogP contribution >= 0.6 is 0 Å². The van der Waals surface area contributed by atoms with Crippen LogP contribution in [0.5, 0.6) is 17.5 Å². The van der Waals surface area contributed by atoms with Gasteiger partial charge in [0, 0.05) is 11.8 Å². The van der Waals surface area contributed by atoms with Crippen molar-refractivity contribution in [2.75, 3.05) is 11.9 Å². The van der Waals surface area contributed by atoms with Gasteiger partial charge in [-0.1, -0.05) is 0 Å². The zero-order chi connectivity index (χ0) is 29.0. The summed E-state index contributed by atoms with van der Waals surface area (Å²) in [4.78, 5) is 33.4. The average Bonchev–Trinajstić information content (AvgIpc) is 2.82. The van der Waals surface area contributed by atoms with E-state index in [9.17, 15) is 32.3 Å². The van der Waals surface area contributed by atoms with Crippen LogP contribution in [-0.4, -0.2) is 45.3 Å². The van der Waals surface area contributed by atoms with E-state index in [1.165, 1.54) is 38.1 Å². The van der Waals surface area contributed by atoms with Crippen molar-refractivity contribution in [1.29, 1.82) is 0 Å². The third-order valence-electron chi connectivity index (χ3n) is 5.11. The molecule has 0 aliphatic heterocycles. The predicted molar refractivity (Wildman–Crippen MR) is 132 cm³/mol. The highest BCUT2D eigenvalue weighted by Crippen LogP contribution is 2.28. The van der Waals surface area contributed by atoms with E-state index in [0.717, 1.165) is 18.2 Å². The van der Waals surface area contributed by atoms with E-state index in [1.807, 2.05) is 0 Å². The Morgan fingerprint density at radius 2 is 1.72 bits per heavy atom. The number of rotatable bonds is 9. The molecule has 3 N–H and O–H groups in total. The number of nitrogens with one attached hydrogen (secondary N) is 2. The summed E-state index contributed by atoms with van der Waals surface area (Å²) in [5, 5.41) is 15.1. The van der Waals surface area contributed by atoms with Gasteiger partial charge in [0.1, 0.15) is 28.5 Å². The summed E-state index contributed by atoms with van der Waals surface area (Å²) >= 11 is 0. The highest BCUT2D eigenvalue weighted by molar-refractivity contribution is 5.97. The fraction of sp³-hybridized carbons (Fsp3) is 0.308. The SMILES string of the molecule is Cc1cc(C(C)NC(=O)c2ccc(OCC(F)(F)F)nc2Oc2ccc(F)cc2)cc(NC(=O)C(C)(C)O)n1. The molecule has 0 bridgehead atoms. The summed E-state index contributed by atoms with van der Waals surface area (Å²) in [6.07, 6.45) is -4.61. The molecule has 1 aromatic carbocycles. The average molecular weight is 551 g/mol. The third-order valence-corrected chi connectivity index (χ3v) is 5.11. The Balaban J connectivity index is 1.86. The molecule has 2 aromatic heterocycles. The van der Waals surface area contributed by atoms with Crippen LogP contribution in [0.1, 0.15) is 48.4 Å². The molecule has 2 amide bonds. The Morgan fingerprint density at radius 3 is 2.33 bits per heavy atom. The molecule has 1 atom stereocenters. The van der Waals surface area contributed by atoms with E-state index in [1.54, 1.807) is 19.9 Å². The predicted octanol–water partition coefficient (Wildman–Crippen LogP) is 4.86. The van der Waals surface area contributed by atoms with E-state index >= 15 is 0 Å². The molecule has 3 aromatic rings. The quantitative estimate of drug-likeness (QED) is 0.325. The Morgan fingerprint density at radius 1 is 1.05 bits per heavy atom. The number of ether oxygens (including phenoxy) is 2. The smallest absolute Gasteiger partial charge is 0.422 e. The summed E-state index contributed by atoms with van der Waals surface area (Å²) in [7, 11) is 0. The monoisotopic (exact) mass is 550 g/mol. The molecule has 0 aliphatic carbocycles. The van der Waals surface area contributed by atoms with E-state index in [4.69, 9.17) is 4.74 Å². The Bertz CT molecular complexity index is 1340. The molecule has 2 heterocycles. The fourth-order valence-electron chi connectivity index (χ4n) is 3.16. The van der Waals surface area contributed by atoms with Gasteiger partial charge in [0.2, 0.25) is 11.8 Å². The first-order valence-electron chi connectivity index (χ1n) is 11.6. The number of aromatic nitrogens is 2. The van der Waals surface area contributed by atoms with Crippen molar-refractivity contribution in [3.05, 3.63) is 71.2 Å². The minimum absolute atomic E-state index is 0.0796. The number of benzene rings is 1. The molecular formula is C26H26F4N4O5. The van der Waals surface area contributed by atoms with Crippen LogP contribution < -0.4 is 20.1 Å². The molecule has 0 aliphatic rings. The maximum absolute atomic E-state index is 13.3. The van der Waals surface area contributed by atoms with Crippen molar-refractivity contribution in [2.45, 2.75) is 45.5 Å². The summed E-state index contributed by atoms with van der Waals surface area (Å²) < 4.78 is 61.3. The summed E-state index contributed by atoms with van der Waals surface area (Å²) in [5.41, 5.74) is -0.698. The Kier molecular flexibility index (Phi) is 8.74. The second kappa shape index (κ2) is 11.6. The van der Waals surface area contributed by atoms with Gasteiger partial charge >= 0.3 is 6.18 Å². The lowest BCUT2D eigenvalue weighted by molar-refractivity contribution is -0.154. The second-order valence-corrected chi connectivity index (χ2v) is 9.10. The molecule has 9 nitrogen and oxygen atoms in total. The molecule has 208 valence electrons. The molecule has 0 fully saturated rings. The highest BCUT2D eigenvalue weighted by atomic mass is 19.4. The standard InChI is InChI=1S/C26H26F4N4O5/c1-14-11-16(12-20(31-14)33-24(36)25(3,4)37)15(2)32-22(35)19-9-10-21(38-13-26(28,29)30)34-23(19)39-18-7-5-17(27)6-8-18/h5-12,15,37H,13H2,1-4H3,(H,32,35)(H,31,33,36). The summed E-state index contributed by atoms with van der Waals surface area (Å²) in [6, 6.07) is 9.54. The van der Waals surface area contributed by atoms with E-state index in [-0.39, 0.29) is 23.0 Å². The Hall–Kier alpha value is -4.26. The van der Waals surface area contributed by atoms with Crippen LogP contribution in [0, 0.1) is 12.7 Å². The molecule has 39 heavy (non-hydrogen) atoms. The largest absolute Gasteiger partial charge is 0.468 e. The molecule has 3 rings (SSSR count). The van der Waals surface area contributed by atoms with Crippen LogP contribution in [0.2, 0.25) is 0 Å². The number of hydrogen-bond donors (Lipinski definition) is 3. The number of aliphatic hydroxyl groups is 1. The van der Waals surface area contributed by atoms with Crippen molar-refractivity contribution in [3.8, 4) is 17.5 Å². The first-order valence-corrected chi connectivity index (χ1v) is 11.6.